The van der Waals surface area contributed by atoms with Gasteiger partial charge < -0.3 is 29.4 Å². The number of allylic oxidation sites excluding steroid dienone is 4. The van der Waals surface area contributed by atoms with Gasteiger partial charge in [0.1, 0.15) is 0 Å². The first-order valence-electron chi connectivity index (χ1n) is 8.13. The van der Waals surface area contributed by atoms with Gasteiger partial charge in [0.15, 0.2) is 0 Å². The fourth-order valence-corrected chi connectivity index (χ4v) is 2.95. The van der Waals surface area contributed by atoms with Gasteiger partial charge in [-0.1, -0.05) is 32.8 Å². The van der Waals surface area contributed by atoms with E-state index < -0.39 is 0 Å². The molecule has 3 aromatic rings. The standard InChI is InChI=1S/C13H10N.C9H13.2ClH.Ti/c1-2-6-12-10-13(9-11(12)5-1)14-7-3-4-8-14;1-6-5-7(2)9(4)8(6)3;;;/h1-10H;6H,1-4H3;2*1H;/q2*-1;;;+4/p-2. The topological polar surface area (TPSA) is 4.93 Å². The molecule has 4 heteroatoms. The predicted octanol–water partition coefficient (Wildman–Crippen LogP) is 0.0769. The van der Waals surface area contributed by atoms with E-state index in [0.29, 0.717) is 5.92 Å². The average molecular weight is 420 g/mol. The minimum Gasteiger partial charge on any atom is -1.00 e. The predicted molar refractivity (Wildman–Crippen MR) is 98.8 cm³/mol. The Morgan fingerprint density at radius 2 is 1.58 bits per heavy atom. The van der Waals surface area contributed by atoms with Crippen LogP contribution in [0.25, 0.3) is 16.5 Å². The van der Waals surface area contributed by atoms with Crippen molar-refractivity contribution in [2.75, 3.05) is 0 Å². The van der Waals surface area contributed by atoms with Gasteiger partial charge in [-0.2, -0.15) is 11.1 Å². The van der Waals surface area contributed by atoms with Crippen molar-refractivity contribution >= 4 is 10.8 Å². The van der Waals surface area contributed by atoms with Crippen molar-refractivity contribution in [1.82, 2.24) is 4.57 Å². The van der Waals surface area contributed by atoms with E-state index in [-0.39, 0.29) is 46.5 Å². The van der Waals surface area contributed by atoms with Crippen LogP contribution in [0.4, 0.5) is 0 Å². The summed E-state index contributed by atoms with van der Waals surface area (Å²) in [6, 6.07) is 16.9. The number of halogens is 2. The van der Waals surface area contributed by atoms with Crippen LogP contribution in [0, 0.1) is 12.0 Å². The minimum absolute atomic E-state index is 0. The number of aromatic nitrogens is 1. The molecule has 0 fully saturated rings. The zero-order valence-electron chi connectivity index (χ0n) is 15.6. The van der Waals surface area contributed by atoms with E-state index >= 15 is 0 Å². The van der Waals surface area contributed by atoms with Gasteiger partial charge in [-0.3, -0.25) is 6.08 Å². The summed E-state index contributed by atoms with van der Waals surface area (Å²) in [5.41, 5.74) is 5.48. The van der Waals surface area contributed by atoms with Crippen LogP contribution in [-0.2, 0) is 21.7 Å². The summed E-state index contributed by atoms with van der Waals surface area (Å²) in [5.74, 6) is 0.560. The second-order valence-electron chi connectivity index (χ2n) is 6.23. The van der Waals surface area contributed by atoms with E-state index in [1.807, 2.05) is 12.1 Å². The molecule has 0 saturated carbocycles. The molecule has 0 saturated heterocycles. The normalized spacial score (nSPS) is 15.2. The molecule has 0 bridgehead atoms. The van der Waals surface area contributed by atoms with Crippen molar-refractivity contribution in [3.05, 3.63) is 83.7 Å². The van der Waals surface area contributed by atoms with E-state index in [2.05, 4.69) is 87.1 Å². The summed E-state index contributed by atoms with van der Waals surface area (Å²) in [6.45, 7) is 8.67. The van der Waals surface area contributed by atoms with Crippen LogP contribution >= 0.6 is 0 Å². The Morgan fingerprint density at radius 3 is 2.04 bits per heavy atom. The first-order chi connectivity index (χ1) is 11.1. The zero-order valence-corrected chi connectivity index (χ0v) is 18.6. The molecule has 1 unspecified atom stereocenters. The molecule has 26 heavy (non-hydrogen) atoms. The SMILES string of the molecule is CC1=[C-]C(C)C(C)=C1C.[Cl-].[Cl-].[Ti+4].c1ccc2[cH-]c(-n3cccc3)cc2c1. The number of hydrogen-bond donors (Lipinski definition) is 0. The quantitative estimate of drug-likeness (QED) is 0.388. The van der Waals surface area contributed by atoms with E-state index in [9.17, 15) is 0 Å². The van der Waals surface area contributed by atoms with Crippen LogP contribution in [0.5, 0.6) is 0 Å². The van der Waals surface area contributed by atoms with Crippen LogP contribution in [0.15, 0.2) is 77.6 Å². The number of rotatable bonds is 1. The van der Waals surface area contributed by atoms with Crippen LogP contribution in [0.2, 0.25) is 0 Å². The van der Waals surface area contributed by atoms with Crippen molar-refractivity contribution in [2.45, 2.75) is 27.7 Å². The molecule has 1 atom stereocenters. The third kappa shape index (κ3) is 5.44. The maximum atomic E-state index is 3.36. The van der Waals surface area contributed by atoms with Crippen molar-refractivity contribution in [3.8, 4) is 5.69 Å². The van der Waals surface area contributed by atoms with E-state index in [1.165, 1.54) is 33.2 Å². The van der Waals surface area contributed by atoms with Gasteiger partial charge in [0.05, 0.1) is 0 Å². The largest absolute Gasteiger partial charge is 4.00 e. The Labute approximate surface area is 184 Å². The maximum Gasteiger partial charge on any atom is 4.00 e. The molecule has 4 rings (SSSR count). The number of nitrogens with zero attached hydrogens (tertiary/aromatic N) is 1. The van der Waals surface area contributed by atoms with Gasteiger partial charge in [0.2, 0.25) is 0 Å². The van der Waals surface area contributed by atoms with Crippen LogP contribution in [0.3, 0.4) is 0 Å². The molecular weight excluding hydrogens is 397 g/mol. The molecule has 0 amide bonds. The number of hydrogen-bond acceptors (Lipinski definition) is 0. The molecule has 0 spiro atoms. The fraction of sp³-hybridized carbons (Fsp3) is 0.227. The molecule has 0 N–H and O–H groups in total. The van der Waals surface area contributed by atoms with Gasteiger partial charge in [-0.25, -0.2) is 5.57 Å². The van der Waals surface area contributed by atoms with Gasteiger partial charge in [0.25, 0.3) is 0 Å². The van der Waals surface area contributed by atoms with Crippen LogP contribution in [0.1, 0.15) is 27.7 Å². The first-order valence-corrected chi connectivity index (χ1v) is 8.13. The van der Waals surface area contributed by atoms with Crippen molar-refractivity contribution in [2.24, 2.45) is 5.92 Å². The van der Waals surface area contributed by atoms with Crippen molar-refractivity contribution in [3.63, 3.8) is 0 Å². The summed E-state index contributed by atoms with van der Waals surface area (Å²) in [6.07, 6.45) is 7.49. The zero-order chi connectivity index (χ0) is 16.4. The average Bonchev–Trinajstić information content (AvgIpc) is 3.25. The Kier molecular flexibility index (Phi) is 10.4. The number of benzene rings is 1. The van der Waals surface area contributed by atoms with E-state index in [4.69, 9.17) is 0 Å². The summed E-state index contributed by atoms with van der Waals surface area (Å²) >= 11 is 0. The molecular formula is C22H23Cl2NTi. The summed E-state index contributed by atoms with van der Waals surface area (Å²) in [7, 11) is 0. The molecule has 1 aliphatic rings. The summed E-state index contributed by atoms with van der Waals surface area (Å²) < 4.78 is 2.12. The third-order valence-electron chi connectivity index (χ3n) is 4.74. The van der Waals surface area contributed by atoms with Crippen molar-refractivity contribution < 1.29 is 46.5 Å². The van der Waals surface area contributed by atoms with E-state index in [1.54, 1.807) is 0 Å². The molecule has 1 nitrogen and oxygen atoms in total. The van der Waals surface area contributed by atoms with Gasteiger partial charge in [-0.05, 0) is 17.8 Å². The fourth-order valence-electron chi connectivity index (χ4n) is 2.95. The Bertz CT molecular complexity index is 840. The van der Waals surface area contributed by atoms with Crippen LogP contribution < -0.4 is 24.8 Å². The maximum absolute atomic E-state index is 3.36. The molecule has 134 valence electrons. The number of fused-ring (bicyclic) bond motifs is 1. The first kappa shape index (κ1) is 24.9. The second kappa shape index (κ2) is 10.9. The molecule has 1 aliphatic carbocycles. The molecule has 0 aliphatic heterocycles. The minimum atomic E-state index is 0. The molecule has 1 heterocycles. The van der Waals surface area contributed by atoms with Gasteiger partial charge >= 0.3 is 21.7 Å². The van der Waals surface area contributed by atoms with Crippen molar-refractivity contribution in [1.29, 1.82) is 0 Å². The van der Waals surface area contributed by atoms with Crippen LogP contribution in [-0.4, -0.2) is 4.57 Å². The smallest absolute Gasteiger partial charge is 1.00 e. The van der Waals surface area contributed by atoms with Gasteiger partial charge in [0, 0.05) is 12.4 Å². The van der Waals surface area contributed by atoms with E-state index in [0.717, 1.165) is 0 Å². The molecule has 2 aromatic carbocycles. The Morgan fingerprint density at radius 1 is 0.962 bits per heavy atom. The third-order valence-corrected chi connectivity index (χ3v) is 4.74. The Hall–Kier alpha value is -1.12. The monoisotopic (exact) mass is 419 g/mol. The second-order valence-corrected chi connectivity index (χ2v) is 6.23. The summed E-state index contributed by atoms with van der Waals surface area (Å²) in [4.78, 5) is 0. The summed E-state index contributed by atoms with van der Waals surface area (Å²) in [5, 5.41) is 2.60. The molecule has 1 aromatic heterocycles. The molecule has 0 radical (unpaired) electrons. The van der Waals surface area contributed by atoms with Gasteiger partial charge in [-0.15, -0.1) is 48.0 Å². The Balaban J connectivity index is 0.000000466.